The Bertz CT molecular complexity index is 327. The van der Waals surface area contributed by atoms with E-state index >= 15 is 0 Å². The first-order valence-corrected chi connectivity index (χ1v) is 5.48. The molecule has 0 amide bonds. The molecule has 1 saturated heterocycles. The van der Waals surface area contributed by atoms with Crippen LogP contribution >= 0.6 is 15.9 Å². The van der Waals surface area contributed by atoms with E-state index in [0.29, 0.717) is 4.60 Å². The Morgan fingerprint density at radius 1 is 1.71 bits per heavy atom. The summed E-state index contributed by atoms with van der Waals surface area (Å²) >= 11 is 3.26. The molecule has 0 spiro atoms. The van der Waals surface area contributed by atoms with Crippen molar-refractivity contribution in [3.63, 3.8) is 0 Å². The van der Waals surface area contributed by atoms with Crippen molar-refractivity contribution >= 4 is 15.9 Å². The quantitative estimate of drug-likeness (QED) is 0.880. The van der Waals surface area contributed by atoms with E-state index in [9.17, 15) is 5.11 Å². The molecule has 1 fully saturated rings. The average molecular weight is 261 g/mol. The van der Waals surface area contributed by atoms with Gasteiger partial charge in [-0.3, -0.25) is 4.90 Å². The fourth-order valence-corrected chi connectivity index (χ4v) is 2.34. The third kappa shape index (κ3) is 1.60. The van der Waals surface area contributed by atoms with E-state index in [1.54, 1.807) is 0 Å². The summed E-state index contributed by atoms with van der Waals surface area (Å²) in [5.74, 6) is 0.805. The van der Waals surface area contributed by atoms with Crippen molar-refractivity contribution in [2.45, 2.75) is 25.5 Å². The lowest BCUT2D eigenvalue weighted by Gasteiger charge is -2.16. The summed E-state index contributed by atoms with van der Waals surface area (Å²) in [6.45, 7) is 1.05. The highest BCUT2D eigenvalue weighted by molar-refractivity contribution is 9.10. The summed E-state index contributed by atoms with van der Waals surface area (Å²) in [6, 6.07) is 0.274. The van der Waals surface area contributed by atoms with Crippen molar-refractivity contribution in [1.29, 1.82) is 0 Å². The SMILES string of the molecule is CN1CCCC1c1onc(Br)c1CO. The highest BCUT2D eigenvalue weighted by Crippen LogP contribution is 2.34. The van der Waals surface area contributed by atoms with Gasteiger partial charge < -0.3 is 9.63 Å². The molecule has 1 atom stereocenters. The maximum absolute atomic E-state index is 9.19. The second-order valence-corrected chi connectivity index (χ2v) is 4.36. The summed E-state index contributed by atoms with van der Waals surface area (Å²) in [5.41, 5.74) is 0.781. The molecule has 1 unspecified atom stereocenters. The van der Waals surface area contributed by atoms with E-state index < -0.39 is 0 Å². The van der Waals surface area contributed by atoms with Crippen LogP contribution in [-0.4, -0.2) is 28.8 Å². The topological polar surface area (TPSA) is 49.5 Å². The molecule has 14 heavy (non-hydrogen) atoms. The van der Waals surface area contributed by atoms with Gasteiger partial charge in [-0.25, -0.2) is 0 Å². The van der Waals surface area contributed by atoms with Gasteiger partial charge in [0.1, 0.15) is 0 Å². The fourth-order valence-electron chi connectivity index (χ4n) is 1.95. The lowest BCUT2D eigenvalue weighted by Crippen LogP contribution is -2.18. The molecule has 4 nitrogen and oxygen atoms in total. The zero-order valence-corrected chi connectivity index (χ0v) is 9.62. The van der Waals surface area contributed by atoms with Crippen LogP contribution in [-0.2, 0) is 6.61 Å². The molecule has 78 valence electrons. The molecule has 1 aliphatic heterocycles. The normalized spacial score (nSPS) is 23.2. The zero-order chi connectivity index (χ0) is 10.1. The highest BCUT2D eigenvalue weighted by atomic mass is 79.9. The maximum Gasteiger partial charge on any atom is 0.160 e. The predicted octanol–water partition coefficient (Wildman–Crippen LogP) is 1.70. The van der Waals surface area contributed by atoms with Crippen molar-refractivity contribution < 1.29 is 9.63 Å². The number of halogens is 1. The first-order valence-electron chi connectivity index (χ1n) is 4.69. The lowest BCUT2D eigenvalue weighted by atomic mass is 10.1. The Balaban J connectivity index is 2.30. The van der Waals surface area contributed by atoms with E-state index in [2.05, 4.69) is 33.0 Å². The summed E-state index contributed by atoms with van der Waals surface area (Å²) in [4.78, 5) is 2.23. The molecule has 2 rings (SSSR count). The van der Waals surface area contributed by atoms with Gasteiger partial charge in [-0.1, -0.05) is 5.16 Å². The molecule has 5 heteroatoms. The van der Waals surface area contributed by atoms with Crippen molar-refractivity contribution in [2.75, 3.05) is 13.6 Å². The number of rotatable bonds is 2. The monoisotopic (exact) mass is 260 g/mol. The van der Waals surface area contributed by atoms with E-state index in [1.165, 1.54) is 6.42 Å². The van der Waals surface area contributed by atoms with E-state index in [0.717, 1.165) is 24.3 Å². The number of nitrogens with zero attached hydrogens (tertiary/aromatic N) is 2. The molecule has 0 bridgehead atoms. The summed E-state index contributed by atoms with van der Waals surface area (Å²) in [6.07, 6.45) is 2.25. The number of aliphatic hydroxyl groups excluding tert-OH is 1. The summed E-state index contributed by atoms with van der Waals surface area (Å²) < 4.78 is 5.86. The molecule has 0 aliphatic carbocycles. The minimum Gasteiger partial charge on any atom is -0.391 e. The van der Waals surface area contributed by atoms with Crippen LogP contribution in [0.1, 0.15) is 30.2 Å². The third-order valence-corrected chi connectivity index (χ3v) is 3.38. The second-order valence-electron chi connectivity index (χ2n) is 3.61. The molecule has 1 aromatic heterocycles. The van der Waals surface area contributed by atoms with Gasteiger partial charge in [0.05, 0.1) is 18.2 Å². The van der Waals surface area contributed by atoms with Gasteiger partial charge in [-0.2, -0.15) is 0 Å². The smallest absolute Gasteiger partial charge is 0.160 e. The maximum atomic E-state index is 9.19. The average Bonchev–Trinajstić information content (AvgIpc) is 2.71. The van der Waals surface area contributed by atoms with E-state index in [-0.39, 0.29) is 12.6 Å². The Morgan fingerprint density at radius 2 is 2.50 bits per heavy atom. The number of hydrogen-bond donors (Lipinski definition) is 1. The summed E-state index contributed by atoms with van der Waals surface area (Å²) in [7, 11) is 2.06. The van der Waals surface area contributed by atoms with Crippen LogP contribution in [0.2, 0.25) is 0 Å². The van der Waals surface area contributed by atoms with Gasteiger partial charge in [-0.15, -0.1) is 0 Å². The zero-order valence-electron chi connectivity index (χ0n) is 8.03. The fraction of sp³-hybridized carbons (Fsp3) is 0.667. The van der Waals surface area contributed by atoms with Crippen LogP contribution in [0.15, 0.2) is 9.13 Å². The van der Waals surface area contributed by atoms with Crippen LogP contribution in [0.5, 0.6) is 0 Å². The molecule has 1 N–H and O–H groups in total. The van der Waals surface area contributed by atoms with Gasteiger partial charge in [0, 0.05) is 0 Å². The molecule has 0 radical (unpaired) electrons. The van der Waals surface area contributed by atoms with Crippen LogP contribution in [0.3, 0.4) is 0 Å². The van der Waals surface area contributed by atoms with Crippen molar-refractivity contribution in [3.05, 3.63) is 15.9 Å². The first-order chi connectivity index (χ1) is 6.74. The standard InChI is InChI=1S/C9H13BrN2O2/c1-12-4-2-3-7(12)8-6(5-13)9(10)11-14-8/h7,13H,2-5H2,1H3. The van der Waals surface area contributed by atoms with Crippen LogP contribution in [0.25, 0.3) is 0 Å². The van der Waals surface area contributed by atoms with Gasteiger partial charge in [-0.05, 0) is 42.4 Å². The predicted molar refractivity (Wildman–Crippen MR) is 54.7 cm³/mol. The Hall–Kier alpha value is -0.390. The molecule has 0 aromatic carbocycles. The molecule has 1 aromatic rings. The van der Waals surface area contributed by atoms with Crippen LogP contribution in [0, 0.1) is 0 Å². The van der Waals surface area contributed by atoms with Gasteiger partial charge in [0.25, 0.3) is 0 Å². The summed E-state index contributed by atoms with van der Waals surface area (Å²) in [5, 5.41) is 13.0. The number of hydrogen-bond acceptors (Lipinski definition) is 4. The molecule has 2 heterocycles. The Kier molecular flexibility index (Phi) is 2.90. The van der Waals surface area contributed by atoms with Crippen molar-refractivity contribution in [1.82, 2.24) is 10.1 Å². The van der Waals surface area contributed by atoms with Gasteiger partial charge in [0.2, 0.25) is 0 Å². The largest absolute Gasteiger partial charge is 0.391 e. The molecular formula is C9H13BrN2O2. The van der Waals surface area contributed by atoms with Crippen molar-refractivity contribution in [2.24, 2.45) is 0 Å². The Labute approximate surface area is 91.0 Å². The molecular weight excluding hydrogens is 248 g/mol. The second kappa shape index (κ2) is 4.00. The van der Waals surface area contributed by atoms with Gasteiger partial charge >= 0.3 is 0 Å². The number of likely N-dealkylation sites (tertiary alicyclic amines) is 1. The van der Waals surface area contributed by atoms with E-state index in [4.69, 9.17) is 4.52 Å². The van der Waals surface area contributed by atoms with Gasteiger partial charge in [0.15, 0.2) is 10.4 Å². The molecule has 0 saturated carbocycles. The minimum atomic E-state index is -0.0241. The van der Waals surface area contributed by atoms with Crippen LogP contribution < -0.4 is 0 Å². The lowest BCUT2D eigenvalue weighted by molar-refractivity contribution is 0.236. The number of aliphatic hydroxyl groups is 1. The van der Waals surface area contributed by atoms with Crippen molar-refractivity contribution in [3.8, 4) is 0 Å². The molecule has 1 aliphatic rings. The third-order valence-electron chi connectivity index (χ3n) is 2.75. The Morgan fingerprint density at radius 3 is 3.07 bits per heavy atom. The van der Waals surface area contributed by atoms with Crippen LogP contribution in [0.4, 0.5) is 0 Å². The number of aromatic nitrogens is 1. The minimum absolute atomic E-state index is 0.0241. The first kappa shape index (κ1) is 10.1. The van der Waals surface area contributed by atoms with E-state index in [1.807, 2.05) is 0 Å². The highest BCUT2D eigenvalue weighted by Gasteiger charge is 2.29.